The molecule has 0 bridgehead atoms. The minimum Gasteiger partial charge on any atom is -0.383 e. The number of carbonyl (C=O) groups is 1. The number of ether oxygens (including phenoxy) is 1. The Morgan fingerprint density at radius 2 is 1.79 bits per heavy atom. The van der Waals surface area contributed by atoms with Crippen LogP contribution in [-0.4, -0.2) is 35.8 Å². The molecular formula is C23H27N3O2. The second-order valence-corrected chi connectivity index (χ2v) is 6.82. The van der Waals surface area contributed by atoms with Gasteiger partial charge in [-0.25, -0.2) is 4.79 Å². The van der Waals surface area contributed by atoms with Gasteiger partial charge in [0.15, 0.2) is 0 Å². The summed E-state index contributed by atoms with van der Waals surface area (Å²) in [6.45, 7) is 4.39. The van der Waals surface area contributed by atoms with Crippen molar-refractivity contribution < 1.29 is 9.53 Å². The zero-order chi connectivity index (χ0) is 19.8. The van der Waals surface area contributed by atoms with Gasteiger partial charge >= 0.3 is 6.03 Å². The lowest BCUT2D eigenvalue weighted by Gasteiger charge is -2.24. The number of aryl methyl sites for hydroxylation is 1. The Labute approximate surface area is 166 Å². The fraction of sp³-hybridized carbons (Fsp3) is 0.261. The van der Waals surface area contributed by atoms with E-state index in [0.29, 0.717) is 19.7 Å². The summed E-state index contributed by atoms with van der Waals surface area (Å²) in [6, 6.07) is 22.0. The van der Waals surface area contributed by atoms with Crippen molar-refractivity contribution in [3.05, 3.63) is 89.7 Å². The molecule has 5 nitrogen and oxygen atoms in total. The normalized spacial score (nSPS) is 10.6. The average molecular weight is 377 g/mol. The number of urea groups is 1. The minimum atomic E-state index is -0.133. The number of nitrogens with zero attached hydrogens (tertiary/aromatic N) is 2. The molecule has 1 aromatic heterocycles. The molecule has 0 saturated carbocycles. The van der Waals surface area contributed by atoms with Crippen LogP contribution in [0.3, 0.4) is 0 Å². The Kier molecular flexibility index (Phi) is 6.87. The van der Waals surface area contributed by atoms with Gasteiger partial charge in [-0.3, -0.25) is 0 Å². The largest absolute Gasteiger partial charge is 0.383 e. The molecule has 3 rings (SSSR count). The van der Waals surface area contributed by atoms with Crippen LogP contribution in [-0.2, 0) is 17.8 Å². The number of hydrogen-bond acceptors (Lipinski definition) is 2. The SMILES string of the molecule is COCCN(Cc1cccn1Cc1ccc(C)cc1)C(=O)Nc1ccccc1. The van der Waals surface area contributed by atoms with E-state index in [-0.39, 0.29) is 6.03 Å². The first kappa shape index (κ1) is 19.7. The van der Waals surface area contributed by atoms with E-state index in [1.54, 1.807) is 12.0 Å². The van der Waals surface area contributed by atoms with Crippen LogP contribution in [0.4, 0.5) is 10.5 Å². The zero-order valence-electron chi connectivity index (χ0n) is 16.5. The molecule has 146 valence electrons. The van der Waals surface area contributed by atoms with Crippen molar-refractivity contribution >= 4 is 11.7 Å². The second-order valence-electron chi connectivity index (χ2n) is 6.82. The third-order valence-electron chi connectivity index (χ3n) is 4.63. The number of para-hydroxylation sites is 1. The lowest BCUT2D eigenvalue weighted by Crippen LogP contribution is -2.37. The van der Waals surface area contributed by atoms with Crippen LogP contribution in [0.5, 0.6) is 0 Å². The van der Waals surface area contributed by atoms with E-state index < -0.39 is 0 Å². The molecule has 0 saturated heterocycles. The number of methoxy groups -OCH3 is 1. The summed E-state index contributed by atoms with van der Waals surface area (Å²) in [4.78, 5) is 14.6. The Balaban J connectivity index is 1.71. The summed E-state index contributed by atoms with van der Waals surface area (Å²) in [5.41, 5.74) is 4.35. The summed E-state index contributed by atoms with van der Waals surface area (Å²) in [6.07, 6.45) is 2.05. The van der Waals surface area contributed by atoms with E-state index in [2.05, 4.69) is 53.3 Å². The number of benzene rings is 2. The topological polar surface area (TPSA) is 46.5 Å². The molecule has 0 unspecified atom stereocenters. The van der Waals surface area contributed by atoms with Crippen molar-refractivity contribution in [2.75, 3.05) is 25.6 Å². The van der Waals surface area contributed by atoms with Gasteiger partial charge in [0.2, 0.25) is 0 Å². The molecule has 0 fully saturated rings. The van der Waals surface area contributed by atoms with Crippen LogP contribution < -0.4 is 5.32 Å². The van der Waals surface area contributed by atoms with Crippen LogP contribution in [0.2, 0.25) is 0 Å². The summed E-state index contributed by atoms with van der Waals surface area (Å²) >= 11 is 0. The number of anilines is 1. The van der Waals surface area contributed by atoms with Crippen LogP contribution in [0.25, 0.3) is 0 Å². The van der Waals surface area contributed by atoms with E-state index in [9.17, 15) is 4.79 Å². The maximum absolute atomic E-state index is 12.8. The van der Waals surface area contributed by atoms with Gasteiger partial charge in [0.05, 0.1) is 13.2 Å². The van der Waals surface area contributed by atoms with Gasteiger partial charge in [0, 0.05) is 37.8 Å². The van der Waals surface area contributed by atoms with Crippen molar-refractivity contribution in [3.8, 4) is 0 Å². The van der Waals surface area contributed by atoms with Crippen LogP contribution in [0.1, 0.15) is 16.8 Å². The molecule has 0 atom stereocenters. The molecule has 3 aromatic rings. The number of amides is 2. The van der Waals surface area contributed by atoms with Crippen molar-refractivity contribution in [1.29, 1.82) is 0 Å². The first-order chi connectivity index (χ1) is 13.7. The first-order valence-electron chi connectivity index (χ1n) is 9.45. The molecule has 0 aliphatic heterocycles. The molecule has 1 N–H and O–H groups in total. The third kappa shape index (κ3) is 5.47. The summed E-state index contributed by atoms with van der Waals surface area (Å²) in [5, 5.41) is 2.96. The van der Waals surface area contributed by atoms with E-state index >= 15 is 0 Å². The highest BCUT2D eigenvalue weighted by Gasteiger charge is 2.16. The van der Waals surface area contributed by atoms with Crippen LogP contribution in [0, 0.1) is 6.92 Å². The predicted molar refractivity (Wildman–Crippen MR) is 112 cm³/mol. The molecule has 0 aliphatic rings. The molecule has 2 aromatic carbocycles. The molecule has 1 heterocycles. The quantitative estimate of drug-likeness (QED) is 0.627. The highest BCUT2D eigenvalue weighted by Crippen LogP contribution is 2.13. The Morgan fingerprint density at radius 1 is 1.04 bits per heavy atom. The molecule has 28 heavy (non-hydrogen) atoms. The van der Waals surface area contributed by atoms with Crippen molar-refractivity contribution in [1.82, 2.24) is 9.47 Å². The number of hydrogen-bond donors (Lipinski definition) is 1. The molecule has 0 spiro atoms. The number of carbonyl (C=O) groups excluding carboxylic acids is 1. The van der Waals surface area contributed by atoms with Gasteiger partial charge < -0.3 is 19.5 Å². The van der Waals surface area contributed by atoms with Gasteiger partial charge in [0.25, 0.3) is 0 Å². The Morgan fingerprint density at radius 3 is 2.50 bits per heavy atom. The average Bonchev–Trinajstić information content (AvgIpc) is 3.14. The molecule has 5 heteroatoms. The van der Waals surface area contributed by atoms with Crippen LogP contribution in [0.15, 0.2) is 72.9 Å². The highest BCUT2D eigenvalue weighted by molar-refractivity contribution is 5.89. The maximum atomic E-state index is 12.8. The highest BCUT2D eigenvalue weighted by atomic mass is 16.5. The van der Waals surface area contributed by atoms with Gasteiger partial charge in [0.1, 0.15) is 0 Å². The summed E-state index contributed by atoms with van der Waals surface area (Å²) < 4.78 is 7.38. The lowest BCUT2D eigenvalue weighted by atomic mass is 10.1. The van der Waals surface area contributed by atoms with Crippen LogP contribution >= 0.6 is 0 Å². The monoisotopic (exact) mass is 377 g/mol. The van der Waals surface area contributed by atoms with Gasteiger partial charge in [-0.05, 0) is 36.8 Å². The molecule has 2 amide bonds. The van der Waals surface area contributed by atoms with E-state index in [0.717, 1.165) is 17.9 Å². The summed E-state index contributed by atoms with van der Waals surface area (Å²) in [7, 11) is 1.65. The predicted octanol–water partition coefficient (Wildman–Crippen LogP) is 4.53. The zero-order valence-corrected chi connectivity index (χ0v) is 16.5. The standard InChI is InChI=1S/C23H27N3O2/c1-19-10-12-20(13-11-19)17-25-14-6-9-22(25)18-26(15-16-28-2)23(27)24-21-7-4-3-5-8-21/h3-14H,15-18H2,1-2H3,(H,24,27). The Hall–Kier alpha value is -3.05. The number of aromatic nitrogens is 1. The minimum absolute atomic E-state index is 0.133. The third-order valence-corrected chi connectivity index (χ3v) is 4.63. The van der Waals surface area contributed by atoms with E-state index in [1.807, 2.05) is 36.4 Å². The number of nitrogens with one attached hydrogen (secondary N) is 1. The fourth-order valence-corrected chi connectivity index (χ4v) is 3.01. The van der Waals surface area contributed by atoms with Gasteiger partial charge in [-0.2, -0.15) is 0 Å². The molecular weight excluding hydrogens is 350 g/mol. The fourth-order valence-electron chi connectivity index (χ4n) is 3.01. The van der Waals surface area contributed by atoms with E-state index in [1.165, 1.54) is 11.1 Å². The summed E-state index contributed by atoms with van der Waals surface area (Å²) in [5.74, 6) is 0. The van der Waals surface area contributed by atoms with Gasteiger partial charge in [-0.15, -0.1) is 0 Å². The first-order valence-corrected chi connectivity index (χ1v) is 9.45. The van der Waals surface area contributed by atoms with E-state index in [4.69, 9.17) is 4.74 Å². The lowest BCUT2D eigenvalue weighted by molar-refractivity contribution is 0.152. The van der Waals surface area contributed by atoms with Crippen molar-refractivity contribution in [2.45, 2.75) is 20.0 Å². The maximum Gasteiger partial charge on any atom is 0.322 e. The second kappa shape index (κ2) is 9.76. The molecule has 0 aliphatic carbocycles. The number of rotatable bonds is 8. The van der Waals surface area contributed by atoms with Crippen molar-refractivity contribution in [2.24, 2.45) is 0 Å². The Bertz CT molecular complexity index is 872. The van der Waals surface area contributed by atoms with Gasteiger partial charge in [-0.1, -0.05) is 48.0 Å². The molecule has 0 radical (unpaired) electrons. The van der Waals surface area contributed by atoms with Crippen molar-refractivity contribution in [3.63, 3.8) is 0 Å². The smallest absolute Gasteiger partial charge is 0.322 e.